The van der Waals surface area contributed by atoms with E-state index in [1.165, 1.54) is 0 Å². The van der Waals surface area contributed by atoms with Crippen LogP contribution in [0.2, 0.25) is 0 Å². The maximum atomic E-state index is 13.8. The van der Waals surface area contributed by atoms with Gasteiger partial charge in [-0.25, -0.2) is 13.2 Å². The summed E-state index contributed by atoms with van der Waals surface area (Å²) < 4.78 is 40.0. The molecule has 1 aliphatic rings. The SMILES string of the molecule is N#CC[C@@H](c1cc(F)c(F)cc1F)N1CCNCC1. The van der Waals surface area contributed by atoms with Gasteiger partial charge in [-0.15, -0.1) is 0 Å². The molecule has 1 heterocycles. The van der Waals surface area contributed by atoms with Gasteiger partial charge in [-0.2, -0.15) is 5.26 Å². The number of nitrogens with zero attached hydrogens (tertiary/aromatic N) is 2. The molecule has 0 aliphatic carbocycles. The average Bonchev–Trinajstić information content (AvgIpc) is 2.42. The first-order chi connectivity index (χ1) is 9.13. The topological polar surface area (TPSA) is 39.1 Å². The van der Waals surface area contributed by atoms with Crippen molar-refractivity contribution in [1.82, 2.24) is 10.2 Å². The van der Waals surface area contributed by atoms with Gasteiger partial charge in [0.2, 0.25) is 0 Å². The number of piperazine rings is 1. The minimum Gasteiger partial charge on any atom is -0.314 e. The van der Waals surface area contributed by atoms with Crippen LogP contribution in [0.3, 0.4) is 0 Å². The van der Waals surface area contributed by atoms with Gasteiger partial charge in [0.15, 0.2) is 11.6 Å². The predicted molar refractivity (Wildman–Crippen MR) is 63.7 cm³/mol. The monoisotopic (exact) mass is 269 g/mol. The average molecular weight is 269 g/mol. The highest BCUT2D eigenvalue weighted by Crippen LogP contribution is 2.28. The molecule has 1 aliphatic heterocycles. The zero-order valence-corrected chi connectivity index (χ0v) is 10.3. The maximum Gasteiger partial charge on any atom is 0.161 e. The Balaban J connectivity index is 2.33. The molecule has 19 heavy (non-hydrogen) atoms. The van der Waals surface area contributed by atoms with Crippen molar-refractivity contribution < 1.29 is 13.2 Å². The second-order valence-corrected chi connectivity index (χ2v) is 4.45. The van der Waals surface area contributed by atoms with Crippen LogP contribution >= 0.6 is 0 Å². The molecule has 3 nitrogen and oxygen atoms in total. The fraction of sp³-hybridized carbons (Fsp3) is 0.462. The van der Waals surface area contributed by atoms with Gasteiger partial charge in [0.25, 0.3) is 0 Å². The van der Waals surface area contributed by atoms with Crippen LogP contribution in [-0.2, 0) is 0 Å². The van der Waals surface area contributed by atoms with E-state index >= 15 is 0 Å². The van der Waals surface area contributed by atoms with Gasteiger partial charge in [-0.1, -0.05) is 0 Å². The maximum absolute atomic E-state index is 13.8. The normalized spacial score (nSPS) is 18.0. The number of rotatable bonds is 3. The first kappa shape index (κ1) is 13.8. The summed E-state index contributed by atoms with van der Waals surface area (Å²) in [7, 11) is 0. The molecule has 1 aromatic rings. The molecule has 0 aromatic heterocycles. The first-order valence-electron chi connectivity index (χ1n) is 6.09. The number of hydrogen-bond donors (Lipinski definition) is 1. The van der Waals surface area contributed by atoms with E-state index < -0.39 is 23.5 Å². The summed E-state index contributed by atoms with van der Waals surface area (Å²) in [6.45, 7) is 2.75. The van der Waals surface area contributed by atoms with Crippen molar-refractivity contribution in [3.05, 3.63) is 35.1 Å². The molecule has 6 heteroatoms. The largest absolute Gasteiger partial charge is 0.314 e. The summed E-state index contributed by atoms with van der Waals surface area (Å²) in [5, 5.41) is 12.0. The number of hydrogen-bond acceptors (Lipinski definition) is 3. The molecule has 0 unspecified atom stereocenters. The lowest BCUT2D eigenvalue weighted by Crippen LogP contribution is -2.45. The molecule has 1 fully saturated rings. The summed E-state index contributed by atoms with van der Waals surface area (Å²) in [6.07, 6.45) is 0.0436. The summed E-state index contributed by atoms with van der Waals surface area (Å²) in [4.78, 5) is 1.91. The molecule has 0 bridgehead atoms. The molecule has 0 radical (unpaired) electrons. The highest BCUT2D eigenvalue weighted by molar-refractivity contribution is 5.24. The smallest absolute Gasteiger partial charge is 0.161 e. The fourth-order valence-electron chi connectivity index (χ4n) is 2.31. The lowest BCUT2D eigenvalue weighted by molar-refractivity contribution is 0.172. The lowest BCUT2D eigenvalue weighted by Gasteiger charge is -2.34. The third-order valence-electron chi connectivity index (χ3n) is 3.28. The van der Waals surface area contributed by atoms with Crippen LogP contribution in [0.1, 0.15) is 18.0 Å². The Bertz CT molecular complexity index is 493. The van der Waals surface area contributed by atoms with E-state index in [-0.39, 0.29) is 12.0 Å². The third-order valence-corrected chi connectivity index (χ3v) is 3.28. The van der Waals surface area contributed by atoms with Crippen LogP contribution in [0, 0.1) is 28.8 Å². The summed E-state index contributed by atoms with van der Waals surface area (Å²) in [6, 6.07) is 2.84. The van der Waals surface area contributed by atoms with E-state index in [0.717, 1.165) is 19.2 Å². The molecular weight excluding hydrogens is 255 g/mol. The molecule has 102 valence electrons. The van der Waals surface area contributed by atoms with Gasteiger partial charge in [0.1, 0.15) is 5.82 Å². The van der Waals surface area contributed by atoms with Crippen molar-refractivity contribution in [3.63, 3.8) is 0 Å². The van der Waals surface area contributed by atoms with Crippen molar-refractivity contribution in [2.75, 3.05) is 26.2 Å². The van der Waals surface area contributed by atoms with Crippen molar-refractivity contribution in [2.24, 2.45) is 0 Å². The van der Waals surface area contributed by atoms with Crippen LogP contribution in [-0.4, -0.2) is 31.1 Å². The zero-order valence-electron chi connectivity index (χ0n) is 10.3. The molecular formula is C13H14F3N3. The Morgan fingerprint density at radius 1 is 1.16 bits per heavy atom. The van der Waals surface area contributed by atoms with E-state index in [1.807, 2.05) is 11.0 Å². The molecule has 0 spiro atoms. The highest BCUT2D eigenvalue weighted by Gasteiger charge is 2.25. The van der Waals surface area contributed by atoms with Crippen LogP contribution in [0.15, 0.2) is 12.1 Å². The Labute approximate surface area is 109 Å². The van der Waals surface area contributed by atoms with Gasteiger partial charge in [0.05, 0.1) is 18.5 Å². The predicted octanol–water partition coefficient (Wildman–Crippen LogP) is 1.96. The Morgan fingerprint density at radius 3 is 2.42 bits per heavy atom. The van der Waals surface area contributed by atoms with Crippen LogP contribution in [0.5, 0.6) is 0 Å². The molecule has 2 rings (SSSR count). The fourth-order valence-corrected chi connectivity index (χ4v) is 2.31. The second kappa shape index (κ2) is 6.04. The Hall–Kier alpha value is -1.58. The standard InChI is InChI=1S/C13H14F3N3/c14-10-8-12(16)11(15)7-9(10)13(1-2-17)19-5-3-18-4-6-19/h7-8,13,18H,1,3-6H2/t13-/m0/s1. The zero-order chi connectivity index (χ0) is 13.8. The quantitative estimate of drug-likeness (QED) is 0.853. The third kappa shape index (κ3) is 3.06. The van der Waals surface area contributed by atoms with E-state index in [1.54, 1.807) is 0 Å². The Kier molecular flexibility index (Phi) is 4.40. The van der Waals surface area contributed by atoms with Crippen LogP contribution < -0.4 is 5.32 Å². The molecule has 0 saturated carbocycles. The van der Waals surface area contributed by atoms with E-state index in [0.29, 0.717) is 19.2 Å². The van der Waals surface area contributed by atoms with Crippen molar-refractivity contribution in [2.45, 2.75) is 12.5 Å². The van der Waals surface area contributed by atoms with Gasteiger partial charge < -0.3 is 5.32 Å². The van der Waals surface area contributed by atoms with Gasteiger partial charge >= 0.3 is 0 Å². The number of nitrogens with one attached hydrogen (secondary N) is 1. The minimum absolute atomic E-state index is 0.0436. The van der Waals surface area contributed by atoms with Crippen molar-refractivity contribution in [3.8, 4) is 6.07 Å². The van der Waals surface area contributed by atoms with E-state index in [4.69, 9.17) is 5.26 Å². The van der Waals surface area contributed by atoms with Gasteiger partial charge in [-0.3, -0.25) is 4.90 Å². The molecule has 1 saturated heterocycles. The number of benzene rings is 1. The van der Waals surface area contributed by atoms with E-state index in [2.05, 4.69) is 5.32 Å². The van der Waals surface area contributed by atoms with Gasteiger partial charge in [0, 0.05) is 37.8 Å². The summed E-state index contributed by atoms with van der Waals surface area (Å²) >= 11 is 0. The van der Waals surface area contributed by atoms with Crippen molar-refractivity contribution in [1.29, 1.82) is 5.26 Å². The lowest BCUT2D eigenvalue weighted by atomic mass is 10.0. The summed E-state index contributed by atoms with van der Waals surface area (Å²) in [5.41, 5.74) is 0.0438. The Morgan fingerprint density at radius 2 is 1.79 bits per heavy atom. The van der Waals surface area contributed by atoms with Gasteiger partial charge in [-0.05, 0) is 6.07 Å². The second-order valence-electron chi connectivity index (χ2n) is 4.45. The molecule has 1 atom stereocenters. The minimum atomic E-state index is -1.21. The number of nitriles is 1. The molecule has 0 amide bonds. The van der Waals surface area contributed by atoms with Crippen molar-refractivity contribution >= 4 is 0 Å². The molecule has 1 aromatic carbocycles. The van der Waals surface area contributed by atoms with Crippen LogP contribution in [0.4, 0.5) is 13.2 Å². The summed E-state index contributed by atoms with van der Waals surface area (Å²) in [5.74, 6) is -3.11. The van der Waals surface area contributed by atoms with E-state index in [9.17, 15) is 13.2 Å². The number of halogens is 3. The highest BCUT2D eigenvalue weighted by atomic mass is 19.2. The molecule has 1 N–H and O–H groups in total. The first-order valence-corrected chi connectivity index (χ1v) is 6.09. The van der Waals surface area contributed by atoms with Crippen LogP contribution in [0.25, 0.3) is 0 Å².